The number of rotatable bonds is 5. The van der Waals surface area contributed by atoms with Crippen LogP contribution in [0.25, 0.3) is 0 Å². The van der Waals surface area contributed by atoms with Gasteiger partial charge in [-0.25, -0.2) is 4.98 Å². The number of morpholine rings is 1. The van der Waals surface area contributed by atoms with E-state index in [0.29, 0.717) is 10.9 Å². The highest BCUT2D eigenvalue weighted by molar-refractivity contribution is 7.14. The highest BCUT2D eigenvalue weighted by Gasteiger charge is 2.13. The number of hydrogen-bond acceptors (Lipinski definition) is 8. The van der Waals surface area contributed by atoms with Crippen molar-refractivity contribution in [2.75, 3.05) is 49.5 Å². The van der Waals surface area contributed by atoms with Crippen molar-refractivity contribution in [3.05, 3.63) is 29.1 Å². The van der Waals surface area contributed by atoms with Crippen LogP contribution in [-0.4, -0.2) is 44.6 Å². The van der Waals surface area contributed by atoms with Crippen LogP contribution >= 0.6 is 11.3 Å². The third kappa shape index (κ3) is 3.91. The van der Waals surface area contributed by atoms with Crippen LogP contribution in [0, 0.1) is 0 Å². The van der Waals surface area contributed by atoms with Crippen LogP contribution in [0.5, 0.6) is 5.75 Å². The first-order valence-corrected chi connectivity index (χ1v) is 8.15. The topological polar surface area (TPSA) is 85.0 Å². The van der Waals surface area contributed by atoms with Crippen LogP contribution in [-0.2, 0) is 4.74 Å². The van der Waals surface area contributed by atoms with Crippen LogP contribution < -0.4 is 20.8 Å². The monoisotopic (exact) mass is 333 g/mol. The number of nitrogens with zero attached hydrogens (tertiary/aromatic N) is 3. The molecule has 1 fully saturated rings. The van der Waals surface area contributed by atoms with Crippen LogP contribution in [0.4, 0.5) is 16.6 Å². The van der Waals surface area contributed by atoms with Gasteiger partial charge in [0, 0.05) is 35.8 Å². The molecule has 0 aliphatic carbocycles. The molecule has 0 saturated carbocycles. The zero-order chi connectivity index (χ0) is 16.1. The van der Waals surface area contributed by atoms with Crippen LogP contribution in [0.15, 0.2) is 28.7 Å². The van der Waals surface area contributed by atoms with Gasteiger partial charge in [-0.3, -0.25) is 5.43 Å². The lowest BCUT2D eigenvalue weighted by Gasteiger charge is -2.29. The molecule has 0 unspecified atom stereocenters. The molecule has 7 nitrogen and oxygen atoms in total. The maximum absolute atomic E-state index is 5.57. The first kappa shape index (κ1) is 15.6. The maximum Gasteiger partial charge on any atom is 0.205 e. The molecule has 2 aromatic rings. The Morgan fingerprint density at radius 1 is 1.43 bits per heavy atom. The van der Waals surface area contributed by atoms with Crippen molar-refractivity contribution in [2.24, 2.45) is 5.10 Å². The number of ether oxygens (including phenoxy) is 2. The number of hydrogen-bond donors (Lipinski definition) is 2. The molecule has 3 N–H and O–H groups in total. The summed E-state index contributed by atoms with van der Waals surface area (Å²) >= 11 is 1.41. The fourth-order valence-electron chi connectivity index (χ4n) is 2.32. The van der Waals surface area contributed by atoms with Gasteiger partial charge in [-0.05, 0) is 12.1 Å². The van der Waals surface area contributed by atoms with Crippen molar-refractivity contribution in [1.82, 2.24) is 4.98 Å². The van der Waals surface area contributed by atoms with E-state index in [-0.39, 0.29) is 0 Å². The summed E-state index contributed by atoms with van der Waals surface area (Å²) in [6, 6.07) is 6.08. The fraction of sp³-hybridized carbons (Fsp3) is 0.333. The van der Waals surface area contributed by atoms with E-state index in [0.717, 1.165) is 43.3 Å². The Bertz CT molecular complexity index is 682. The lowest BCUT2D eigenvalue weighted by atomic mass is 10.1. The Labute approximate surface area is 138 Å². The van der Waals surface area contributed by atoms with Crippen LogP contribution in [0.3, 0.4) is 0 Å². The molecule has 1 aromatic heterocycles. The quantitative estimate of drug-likeness (QED) is 0.643. The van der Waals surface area contributed by atoms with Gasteiger partial charge in [0.15, 0.2) is 0 Å². The summed E-state index contributed by atoms with van der Waals surface area (Å²) in [6.45, 7) is 3.30. The number of nitrogens with two attached hydrogens (primary N) is 1. The van der Waals surface area contributed by atoms with Gasteiger partial charge in [0.1, 0.15) is 11.6 Å². The summed E-state index contributed by atoms with van der Waals surface area (Å²) in [5, 5.41) is 6.59. The van der Waals surface area contributed by atoms with Gasteiger partial charge in [-0.1, -0.05) is 0 Å². The molecule has 23 heavy (non-hydrogen) atoms. The first-order valence-electron chi connectivity index (χ1n) is 7.27. The zero-order valence-electron chi connectivity index (χ0n) is 12.9. The SMILES string of the molecule is COc1cc(N2CCOCC2)ccc1C=NNc1nc(N)cs1. The van der Waals surface area contributed by atoms with E-state index in [2.05, 4.69) is 26.5 Å². The van der Waals surface area contributed by atoms with Crippen molar-refractivity contribution in [1.29, 1.82) is 0 Å². The number of benzene rings is 1. The van der Waals surface area contributed by atoms with E-state index in [1.807, 2.05) is 12.1 Å². The number of methoxy groups -OCH3 is 1. The largest absolute Gasteiger partial charge is 0.496 e. The van der Waals surface area contributed by atoms with Gasteiger partial charge in [0.05, 0.1) is 26.5 Å². The Balaban J connectivity index is 1.71. The second kappa shape index (κ2) is 7.30. The van der Waals surface area contributed by atoms with Crippen LogP contribution in [0.2, 0.25) is 0 Å². The molecule has 122 valence electrons. The van der Waals surface area contributed by atoms with E-state index in [1.54, 1.807) is 18.7 Å². The third-order valence-electron chi connectivity index (χ3n) is 3.48. The van der Waals surface area contributed by atoms with Crippen molar-refractivity contribution in [2.45, 2.75) is 0 Å². The number of hydrazone groups is 1. The van der Waals surface area contributed by atoms with Gasteiger partial charge >= 0.3 is 0 Å². The number of nitrogens with one attached hydrogen (secondary N) is 1. The number of thiazole rings is 1. The molecule has 1 aliphatic heterocycles. The maximum atomic E-state index is 5.57. The molecule has 3 rings (SSSR count). The fourth-order valence-corrected chi connectivity index (χ4v) is 2.87. The van der Waals surface area contributed by atoms with E-state index in [9.17, 15) is 0 Å². The van der Waals surface area contributed by atoms with Gasteiger partial charge in [0.25, 0.3) is 0 Å². The molecule has 1 aliphatic rings. The van der Waals surface area contributed by atoms with Crippen molar-refractivity contribution in [3.63, 3.8) is 0 Å². The van der Waals surface area contributed by atoms with Crippen molar-refractivity contribution in [3.8, 4) is 5.75 Å². The van der Waals surface area contributed by atoms with Crippen LogP contribution in [0.1, 0.15) is 5.56 Å². The molecular formula is C15H19N5O2S. The molecule has 1 aromatic carbocycles. The molecule has 1 saturated heterocycles. The first-order chi connectivity index (χ1) is 11.3. The Morgan fingerprint density at radius 2 is 2.26 bits per heavy atom. The predicted octanol–water partition coefficient (Wildman–Crippen LogP) is 2.02. The average molecular weight is 333 g/mol. The number of nitrogen functional groups attached to an aromatic ring is 1. The summed E-state index contributed by atoms with van der Waals surface area (Å²) < 4.78 is 10.9. The minimum absolute atomic E-state index is 0.486. The predicted molar refractivity (Wildman–Crippen MR) is 93.8 cm³/mol. The van der Waals surface area contributed by atoms with Gasteiger partial charge in [-0.15, -0.1) is 11.3 Å². The number of aromatic nitrogens is 1. The Kier molecular flexibility index (Phi) is 4.94. The second-order valence-electron chi connectivity index (χ2n) is 4.97. The molecule has 0 radical (unpaired) electrons. The van der Waals surface area contributed by atoms with Crippen molar-refractivity contribution >= 4 is 34.2 Å². The van der Waals surface area contributed by atoms with E-state index in [1.165, 1.54) is 11.3 Å². The molecule has 8 heteroatoms. The zero-order valence-corrected chi connectivity index (χ0v) is 13.7. The normalized spacial score (nSPS) is 15.1. The molecule has 0 atom stereocenters. The Hall–Kier alpha value is -2.32. The lowest BCUT2D eigenvalue weighted by molar-refractivity contribution is 0.122. The highest BCUT2D eigenvalue weighted by Crippen LogP contribution is 2.25. The summed E-state index contributed by atoms with van der Waals surface area (Å²) in [7, 11) is 1.66. The average Bonchev–Trinajstić information content (AvgIpc) is 3.01. The summed E-state index contributed by atoms with van der Waals surface area (Å²) in [5.41, 5.74) is 10.4. The summed E-state index contributed by atoms with van der Waals surface area (Å²) in [4.78, 5) is 6.36. The van der Waals surface area contributed by atoms with E-state index in [4.69, 9.17) is 15.2 Å². The third-order valence-corrected chi connectivity index (χ3v) is 4.24. The van der Waals surface area contributed by atoms with Gasteiger partial charge < -0.3 is 20.1 Å². The standard InChI is InChI=1S/C15H19N5O2S/c1-21-13-8-12(20-4-6-22-7-5-20)3-2-11(13)9-17-19-15-18-14(16)10-23-15/h2-3,8-10H,4-7,16H2,1H3,(H,18,19). The molecule has 0 bridgehead atoms. The minimum Gasteiger partial charge on any atom is -0.496 e. The second-order valence-corrected chi connectivity index (χ2v) is 5.83. The molecule has 0 spiro atoms. The molecule has 2 heterocycles. The van der Waals surface area contributed by atoms with Gasteiger partial charge in [0.2, 0.25) is 5.13 Å². The molecule has 0 amide bonds. The highest BCUT2D eigenvalue weighted by atomic mass is 32.1. The number of anilines is 3. The smallest absolute Gasteiger partial charge is 0.205 e. The Morgan fingerprint density at radius 3 is 2.96 bits per heavy atom. The molecular weight excluding hydrogens is 314 g/mol. The van der Waals surface area contributed by atoms with E-state index >= 15 is 0 Å². The summed E-state index contributed by atoms with van der Waals surface area (Å²) in [5.74, 6) is 1.26. The van der Waals surface area contributed by atoms with Gasteiger partial charge in [-0.2, -0.15) is 5.10 Å². The lowest BCUT2D eigenvalue weighted by Crippen LogP contribution is -2.36. The van der Waals surface area contributed by atoms with E-state index < -0.39 is 0 Å². The summed E-state index contributed by atoms with van der Waals surface area (Å²) in [6.07, 6.45) is 1.71. The minimum atomic E-state index is 0.486. The van der Waals surface area contributed by atoms with Crippen molar-refractivity contribution < 1.29 is 9.47 Å².